The maximum Gasteiger partial charge on any atom is 0.310 e. The van der Waals surface area contributed by atoms with Crippen LogP contribution in [0.5, 0.6) is 0 Å². The van der Waals surface area contributed by atoms with Crippen LogP contribution in [0.2, 0.25) is 0 Å². The molecule has 2 N–H and O–H groups in total. The Balaban J connectivity index is 1.70. The van der Waals surface area contributed by atoms with Gasteiger partial charge in [0, 0.05) is 24.8 Å². The van der Waals surface area contributed by atoms with Crippen molar-refractivity contribution in [3.8, 4) is 0 Å². The number of carboxylic acid groups (broad SMARTS) is 1. The van der Waals surface area contributed by atoms with Crippen molar-refractivity contribution in [2.75, 3.05) is 0 Å². The Morgan fingerprint density at radius 2 is 1.95 bits per heavy atom. The summed E-state index contributed by atoms with van der Waals surface area (Å²) in [6.45, 7) is 4.21. The zero-order valence-corrected chi connectivity index (χ0v) is 13.0. The van der Waals surface area contributed by atoms with Crippen molar-refractivity contribution < 1.29 is 19.4 Å². The second-order valence-corrected chi connectivity index (χ2v) is 6.17. The van der Waals surface area contributed by atoms with E-state index in [2.05, 4.69) is 10.4 Å². The summed E-state index contributed by atoms with van der Waals surface area (Å²) in [6.07, 6.45) is 0.909. The van der Waals surface area contributed by atoms with Crippen LogP contribution in [-0.2, 0) is 27.9 Å². The van der Waals surface area contributed by atoms with E-state index in [9.17, 15) is 14.7 Å². The normalized spacial score (nSPS) is 29.8. The second kappa shape index (κ2) is 5.39. The minimum Gasteiger partial charge on any atom is -0.481 e. The fourth-order valence-electron chi connectivity index (χ4n) is 3.69. The number of fused-ring (bicyclic) bond motifs is 2. The van der Waals surface area contributed by atoms with E-state index in [4.69, 9.17) is 4.74 Å². The topological polar surface area (TPSA) is 93.5 Å². The third-order valence-corrected chi connectivity index (χ3v) is 4.96. The van der Waals surface area contributed by atoms with Gasteiger partial charge in [0.1, 0.15) is 0 Å². The number of carbonyl (C=O) groups is 2. The van der Waals surface area contributed by atoms with Crippen LogP contribution < -0.4 is 5.32 Å². The first-order valence-electron chi connectivity index (χ1n) is 7.55. The second-order valence-electron chi connectivity index (χ2n) is 6.17. The van der Waals surface area contributed by atoms with Crippen LogP contribution >= 0.6 is 0 Å². The number of rotatable bonds is 4. The van der Waals surface area contributed by atoms with Gasteiger partial charge in [-0.2, -0.15) is 5.10 Å². The van der Waals surface area contributed by atoms with E-state index in [-0.39, 0.29) is 18.1 Å². The van der Waals surface area contributed by atoms with Crippen LogP contribution in [0.1, 0.15) is 29.8 Å². The smallest absolute Gasteiger partial charge is 0.310 e. The van der Waals surface area contributed by atoms with Crippen molar-refractivity contribution in [3.05, 3.63) is 17.0 Å². The lowest BCUT2D eigenvalue weighted by Gasteiger charge is -2.23. The Morgan fingerprint density at radius 3 is 2.50 bits per heavy atom. The molecule has 1 amide bonds. The van der Waals surface area contributed by atoms with E-state index in [1.54, 1.807) is 4.68 Å². The summed E-state index contributed by atoms with van der Waals surface area (Å²) in [5.74, 6) is -2.49. The van der Waals surface area contributed by atoms with Gasteiger partial charge in [0.05, 0.1) is 29.7 Å². The molecule has 2 bridgehead atoms. The van der Waals surface area contributed by atoms with Gasteiger partial charge in [-0.25, -0.2) is 0 Å². The van der Waals surface area contributed by atoms with Crippen LogP contribution in [-0.4, -0.2) is 39.0 Å². The van der Waals surface area contributed by atoms with Crippen molar-refractivity contribution in [3.63, 3.8) is 0 Å². The summed E-state index contributed by atoms with van der Waals surface area (Å²) in [7, 11) is 1.86. The number of ether oxygens (including phenoxy) is 1. The Kier molecular flexibility index (Phi) is 3.68. The molecular formula is C15H21N3O4. The number of aliphatic carboxylic acids is 1. The van der Waals surface area contributed by atoms with Crippen LogP contribution in [0.15, 0.2) is 0 Å². The number of nitrogens with one attached hydrogen (secondary N) is 1. The third kappa shape index (κ3) is 2.29. The maximum absolute atomic E-state index is 12.5. The van der Waals surface area contributed by atoms with E-state index < -0.39 is 17.8 Å². The Bertz CT molecular complexity index is 625. The number of hydrogen-bond donors (Lipinski definition) is 2. The maximum atomic E-state index is 12.5. The average Bonchev–Trinajstić information content (AvgIpc) is 3.12. The molecule has 2 aliphatic heterocycles. The van der Waals surface area contributed by atoms with Crippen molar-refractivity contribution in [2.45, 2.75) is 45.4 Å². The van der Waals surface area contributed by atoms with E-state index in [1.165, 1.54) is 0 Å². The van der Waals surface area contributed by atoms with Gasteiger partial charge in [-0.05, 0) is 26.7 Å². The molecule has 4 atom stereocenters. The van der Waals surface area contributed by atoms with Crippen molar-refractivity contribution >= 4 is 11.9 Å². The summed E-state index contributed by atoms with van der Waals surface area (Å²) < 4.78 is 7.40. The van der Waals surface area contributed by atoms with E-state index in [0.29, 0.717) is 6.54 Å². The molecule has 0 saturated carbocycles. The van der Waals surface area contributed by atoms with Gasteiger partial charge in [0.2, 0.25) is 5.91 Å². The molecule has 0 aromatic carbocycles. The molecule has 0 aliphatic carbocycles. The molecule has 7 nitrogen and oxygen atoms in total. The highest BCUT2D eigenvalue weighted by molar-refractivity contribution is 5.86. The molecule has 3 rings (SSSR count). The lowest BCUT2D eigenvalue weighted by atomic mass is 9.78. The largest absolute Gasteiger partial charge is 0.481 e. The fraction of sp³-hybridized carbons (Fsp3) is 0.667. The monoisotopic (exact) mass is 307 g/mol. The highest BCUT2D eigenvalue weighted by atomic mass is 16.5. The highest BCUT2D eigenvalue weighted by Gasteiger charge is 2.55. The number of amides is 1. The minimum atomic E-state index is -0.943. The standard InChI is InChI=1S/C15H21N3O4/c1-7-9(8(2)18(3)17-7)6-16-14(19)12-10-4-5-11(22-10)13(12)15(20)21/h10-13H,4-6H2,1-3H3,(H,16,19)(H,20,21)/t10-,11-,12-,13-/m1/s1. The van der Waals surface area contributed by atoms with Gasteiger partial charge in [-0.1, -0.05) is 0 Å². The molecule has 120 valence electrons. The Labute approximate surface area is 128 Å². The molecule has 2 fully saturated rings. The van der Waals surface area contributed by atoms with Crippen molar-refractivity contribution in [1.82, 2.24) is 15.1 Å². The number of carbonyl (C=O) groups excluding carboxylic acids is 1. The van der Waals surface area contributed by atoms with Gasteiger partial charge >= 0.3 is 5.97 Å². The van der Waals surface area contributed by atoms with Crippen molar-refractivity contribution in [2.24, 2.45) is 18.9 Å². The fourth-order valence-corrected chi connectivity index (χ4v) is 3.69. The summed E-state index contributed by atoms with van der Waals surface area (Å²) >= 11 is 0. The molecule has 2 saturated heterocycles. The lowest BCUT2D eigenvalue weighted by Crippen LogP contribution is -2.43. The first-order valence-corrected chi connectivity index (χ1v) is 7.55. The quantitative estimate of drug-likeness (QED) is 0.846. The van der Waals surface area contributed by atoms with E-state index >= 15 is 0 Å². The number of hydrogen-bond acceptors (Lipinski definition) is 4. The van der Waals surface area contributed by atoms with Gasteiger partial charge in [-0.15, -0.1) is 0 Å². The summed E-state index contributed by atoms with van der Waals surface area (Å²) in [5.41, 5.74) is 2.85. The summed E-state index contributed by atoms with van der Waals surface area (Å²) in [5, 5.41) is 16.5. The van der Waals surface area contributed by atoms with Crippen LogP contribution in [0.4, 0.5) is 0 Å². The molecule has 0 spiro atoms. The minimum absolute atomic E-state index is 0.234. The van der Waals surface area contributed by atoms with Gasteiger partial charge in [0.15, 0.2) is 0 Å². The Hall–Kier alpha value is -1.89. The first-order chi connectivity index (χ1) is 10.4. The molecule has 22 heavy (non-hydrogen) atoms. The molecule has 0 radical (unpaired) electrons. The van der Waals surface area contributed by atoms with Gasteiger partial charge in [-0.3, -0.25) is 14.3 Å². The number of carboxylic acids is 1. The van der Waals surface area contributed by atoms with E-state index in [1.807, 2.05) is 20.9 Å². The number of aryl methyl sites for hydroxylation is 2. The van der Waals surface area contributed by atoms with Gasteiger partial charge in [0.25, 0.3) is 0 Å². The van der Waals surface area contributed by atoms with Crippen LogP contribution in [0, 0.1) is 25.7 Å². The highest BCUT2D eigenvalue weighted by Crippen LogP contribution is 2.43. The van der Waals surface area contributed by atoms with Gasteiger partial charge < -0.3 is 15.2 Å². The molecular weight excluding hydrogens is 286 g/mol. The summed E-state index contributed by atoms with van der Waals surface area (Å²) in [4.78, 5) is 23.9. The average molecular weight is 307 g/mol. The van der Waals surface area contributed by atoms with Crippen LogP contribution in [0.3, 0.4) is 0 Å². The molecule has 7 heteroatoms. The summed E-state index contributed by atoms with van der Waals surface area (Å²) in [6, 6.07) is 0. The predicted molar refractivity (Wildman–Crippen MR) is 77.0 cm³/mol. The van der Waals surface area contributed by atoms with Crippen molar-refractivity contribution in [1.29, 1.82) is 0 Å². The zero-order valence-electron chi connectivity index (χ0n) is 13.0. The number of nitrogens with zero attached hydrogens (tertiary/aromatic N) is 2. The molecule has 1 aromatic heterocycles. The Morgan fingerprint density at radius 1 is 1.32 bits per heavy atom. The molecule has 3 heterocycles. The third-order valence-electron chi connectivity index (χ3n) is 4.96. The SMILES string of the molecule is Cc1nn(C)c(C)c1CNC(=O)[C@H]1[C@H](C(=O)O)[C@H]2CC[C@H]1O2. The van der Waals surface area contributed by atoms with Crippen LogP contribution in [0.25, 0.3) is 0 Å². The number of aromatic nitrogens is 2. The lowest BCUT2D eigenvalue weighted by molar-refractivity contribution is -0.147. The van der Waals surface area contributed by atoms with E-state index in [0.717, 1.165) is 29.8 Å². The molecule has 0 unspecified atom stereocenters. The zero-order chi connectivity index (χ0) is 16.0. The predicted octanol–water partition coefficient (Wildman–Crippen LogP) is 0.531. The molecule has 2 aliphatic rings. The molecule has 1 aromatic rings. The first kappa shape index (κ1) is 15.0.